The number of pyridine rings is 2. The largest absolute Gasteiger partial charge is 0.480 e. The van der Waals surface area contributed by atoms with E-state index in [0.717, 1.165) is 81.5 Å². The fourth-order valence-electron chi connectivity index (χ4n) is 7.18. The molecule has 2 aromatic heterocycles. The standard InChI is InChI=1S/C31H40N4O4/c36-28(37)25(35-29(38)31(26-6-1-2-14-32-26)19-30(20-31)12-4-13-30)11-16-39-24-17-21(18-24)7-9-23-10-8-22-5-3-15-33-27(22)34-23/h1-2,6,8,10,14,21,24-25H,3-5,7,9,11-13,15-20H2,(H,33,34)(H,35,38)(H,36,37)/t21-,24-,25?. The van der Waals surface area contributed by atoms with Crippen LogP contribution in [0.15, 0.2) is 36.5 Å². The summed E-state index contributed by atoms with van der Waals surface area (Å²) >= 11 is 0. The number of carbonyl (C=O) groups is 2. The molecule has 8 heteroatoms. The van der Waals surface area contributed by atoms with Crippen molar-refractivity contribution in [3.05, 3.63) is 53.5 Å². The number of hydrogen-bond donors (Lipinski definition) is 3. The average Bonchev–Trinajstić information content (AvgIpc) is 2.87. The molecule has 3 saturated carbocycles. The molecule has 2 aromatic rings. The van der Waals surface area contributed by atoms with Gasteiger partial charge < -0.3 is 20.5 Å². The second-order valence-electron chi connectivity index (χ2n) is 12.4. The first-order chi connectivity index (χ1) is 18.9. The van der Waals surface area contributed by atoms with Crippen molar-refractivity contribution < 1.29 is 19.4 Å². The highest BCUT2D eigenvalue weighted by Crippen LogP contribution is 2.64. The number of carboxylic acid groups (broad SMARTS) is 1. The van der Waals surface area contributed by atoms with Crippen molar-refractivity contribution in [3.63, 3.8) is 0 Å². The Morgan fingerprint density at radius 2 is 2.00 bits per heavy atom. The Balaban J connectivity index is 0.950. The van der Waals surface area contributed by atoms with Crippen LogP contribution in [0.3, 0.4) is 0 Å². The Kier molecular flexibility index (Phi) is 7.31. The highest BCUT2D eigenvalue weighted by atomic mass is 16.5. The third-order valence-electron chi connectivity index (χ3n) is 9.67. The lowest BCUT2D eigenvalue weighted by molar-refractivity contribution is -0.150. The van der Waals surface area contributed by atoms with E-state index in [1.54, 1.807) is 6.20 Å². The fourth-order valence-corrected chi connectivity index (χ4v) is 7.18. The van der Waals surface area contributed by atoms with Gasteiger partial charge in [-0.2, -0.15) is 0 Å². The van der Waals surface area contributed by atoms with Crippen LogP contribution in [0.4, 0.5) is 5.82 Å². The summed E-state index contributed by atoms with van der Waals surface area (Å²) in [6.07, 6.45) is 13.5. The molecule has 208 valence electrons. The van der Waals surface area contributed by atoms with E-state index in [0.29, 0.717) is 12.5 Å². The van der Waals surface area contributed by atoms with Gasteiger partial charge in [0.05, 0.1) is 17.2 Å². The van der Waals surface area contributed by atoms with Crippen LogP contribution in [0.5, 0.6) is 0 Å². The number of anilines is 1. The van der Waals surface area contributed by atoms with Gasteiger partial charge in [0.15, 0.2) is 0 Å². The number of amides is 1. The Bertz CT molecular complexity index is 1180. The summed E-state index contributed by atoms with van der Waals surface area (Å²) in [5, 5.41) is 16.1. The molecule has 0 saturated heterocycles. The number of nitrogens with one attached hydrogen (secondary N) is 2. The molecule has 1 amide bonds. The summed E-state index contributed by atoms with van der Waals surface area (Å²) in [6.45, 7) is 1.33. The van der Waals surface area contributed by atoms with Gasteiger partial charge in [-0.1, -0.05) is 18.6 Å². The topological polar surface area (TPSA) is 113 Å². The van der Waals surface area contributed by atoms with E-state index in [9.17, 15) is 14.7 Å². The highest BCUT2D eigenvalue weighted by molar-refractivity contribution is 5.92. The summed E-state index contributed by atoms with van der Waals surface area (Å²) in [4.78, 5) is 34.8. The number of carbonyl (C=O) groups excluding carboxylic acids is 1. The number of hydrogen-bond acceptors (Lipinski definition) is 6. The zero-order valence-corrected chi connectivity index (χ0v) is 22.7. The van der Waals surface area contributed by atoms with Crippen LogP contribution in [0.25, 0.3) is 0 Å². The number of carboxylic acids is 1. The summed E-state index contributed by atoms with van der Waals surface area (Å²) in [7, 11) is 0. The molecule has 0 aromatic carbocycles. The second kappa shape index (κ2) is 10.9. The lowest BCUT2D eigenvalue weighted by Gasteiger charge is -2.59. The summed E-state index contributed by atoms with van der Waals surface area (Å²) < 4.78 is 6.01. The molecule has 1 atom stereocenters. The number of aliphatic carboxylic acids is 1. The molecule has 3 aliphatic carbocycles. The minimum atomic E-state index is -1.01. The molecular formula is C31H40N4O4. The van der Waals surface area contributed by atoms with E-state index in [4.69, 9.17) is 9.72 Å². The van der Waals surface area contributed by atoms with Gasteiger partial charge >= 0.3 is 5.97 Å². The predicted octanol–water partition coefficient (Wildman–Crippen LogP) is 4.42. The van der Waals surface area contributed by atoms with Gasteiger partial charge in [0.25, 0.3) is 0 Å². The smallest absolute Gasteiger partial charge is 0.326 e. The van der Waals surface area contributed by atoms with E-state index >= 15 is 0 Å². The molecule has 0 radical (unpaired) electrons. The van der Waals surface area contributed by atoms with Crippen LogP contribution in [-0.2, 0) is 32.6 Å². The van der Waals surface area contributed by atoms with E-state index in [-0.39, 0.29) is 23.8 Å². The SMILES string of the molecule is O=C(O)C(CCO[C@H]1C[C@H](CCc2ccc3c(n2)NCCC3)C1)NC(=O)C1(c2ccccn2)CC2(CCC2)C1. The molecule has 4 aliphatic rings. The van der Waals surface area contributed by atoms with Gasteiger partial charge in [0.1, 0.15) is 11.9 Å². The lowest BCUT2D eigenvalue weighted by Crippen LogP contribution is -2.62. The van der Waals surface area contributed by atoms with Crippen LogP contribution in [0, 0.1) is 11.3 Å². The van der Waals surface area contributed by atoms with Gasteiger partial charge in [0.2, 0.25) is 5.91 Å². The van der Waals surface area contributed by atoms with Crippen molar-refractivity contribution in [1.29, 1.82) is 0 Å². The van der Waals surface area contributed by atoms with Crippen LogP contribution >= 0.6 is 0 Å². The average molecular weight is 533 g/mol. The molecule has 6 rings (SSSR count). The van der Waals surface area contributed by atoms with E-state index < -0.39 is 17.4 Å². The van der Waals surface area contributed by atoms with Crippen LogP contribution in [-0.4, -0.2) is 52.2 Å². The maximum atomic E-state index is 13.5. The zero-order chi connectivity index (χ0) is 26.9. The second-order valence-corrected chi connectivity index (χ2v) is 12.4. The predicted molar refractivity (Wildman–Crippen MR) is 147 cm³/mol. The van der Waals surface area contributed by atoms with Crippen LogP contribution in [0.2, 0.25) is 0 Å². The maximum Gasteiger partial charge on any atom is 0.326 e. The van der Waals surface area contributed by atoms with E-state index in [1.807, 2.05) is 18.2 Å². The fraction of sp³-hybridized carbons (Fsp3) is 0.613. The number of nitrogens with zero attached hydrogens (tertiary/aromatic N) is 2. The van der Waals surface area contributed by atoms with Gasteiger partial charge in [-0.15, -0.1) is 0 Å². The van der Waals surface area contributed by atoms with Crippen molar-refractivity contribution in [2.24, 2.45) is 11.3 Å². The van der Waals surface area contributed by atoms with Gasteiger partial charge in [-0.05, 0) is 99.3 Å². The number of ether oxygens (including phenoxy) is 1. The number of rotatable bonds is 11. The molecular weight excluding hydrogens is 492 g/mol. The first kappa shape index (κ1) is 26.2. The zero-order valence-electron chi connectivity index (χ0n) is 22.7. The molecule has 39 heavy (non-hydrogen) atoms. The first-order valence-electron chi connectivity index (χ1n) is 14.7. The molecule has 3 fully saturated rings. The van der Waals surface area contributed by atoms with Crippen molar-refractivity contribution >= 4 is 17.7 Å². The van der Waals surface area contributed by atoms with E-state index in [2.05, 4.69) is 27.8 Å². The summed E-state index contributed by atoms with van der Waals surface area (Å²) in [5.41, 5.74) is 2.73. The third kappa shape index (κ3) is 5.40. The van der Waals surface area contributed by atoms with Crippen molar-refractivity contribution in [2.45, 2.75) is 94.6 Å². The maximum absolute atomic E-state index is 13.5. The Morgan fingerprint density at radius 1 is 1.15 bits per heavy atom. The highest BCUT2D eigenvalue weighted by Gasteiger charge is 2.62. The molecule has 8 nitrogen and oxygen atoms in total. The molecule has 3 heterocycles. The van der Waals surface area contributed by atoms with Crippen molar-refractivity contribution in [3.8, 4) is 0 Å². The monoisotopic (exact) mass is 532 g/mol. The first-order valence-corrected chi connectivity index (χ1v) is 14.7. The summed E-state index contributed by atoms with van der Waals surface area (Å²) in [6, 6.07) is 9.05. The quantitative estimate of drug-likeness (QED) is 0.392. The van der Waals surface area contributed by atoms with Gasteiger partial charge in [-0.25, -0.2) is 9.78 Å². The van der Waals surface area contributed by atoms with Crippen molar-refractivity contribution in [1.82, 2.24) is 15.3 Å². The number of aromatic nitrogens is 2. The molecule has 1 unspecified atom stereocenters. The molecule has 3 N–H and O–H groups in total. The lowest BCUT2D eigenvalue weighted by atomic mass is 9.44. The Hall–Kier alpha value is -3.00. The Morgan fingerprint density at radius 3 is 2.72 bits per heavy atom. The molecule has 0 bridgehead atoms. The minimum Gasteiger partial charge on any atom is -0.480 e. The van der Waals surface area contributed by atoms with Crippen LogP contribution in [0.1, 0.15) is 81.2 Å². The van der Waals surface area contributed by atoms with Crippen molar-refractivity contribution in [2.75, 3.05) is 18.5 Å². The van der Waals surface area contributed by atoms with Gasteiger partial charge in [-0.3, -0.25) is 9.78 Å². The van der Waals surface area contributed by atoms with E-state index in [1.165, 1.54) is 18.4 Å². The number of aryl methyl sites for hydroxylation is 2. The third-order valence-corrected chi connectivity index (χ3v) is 9.67. The number of fused-ring (bicyclic) bond motifs is 1. The molecule has 1 aliphatic heterocycles. The molecule has 1 spiro atoms. The van der Waals surface area contributed by atoms with Gasteiger partial charge in [0, 0.05) is 31.5 Å². The minimum absolute atomic E-state index is 0.170. The summed E-state index contributed by atoms with van der Waals surface area (Å²) in [5.74, 6) is 0.450. The Labute approximate surface area is 230 Å². The van der Waals surface area contributed by atoms with Crippen LogP contribution < -0.4 is 10.6 Å². The normalized spacial score (nSPS) is 24.7.